The average molecular weight is 267 g/mol. The lowest BCUT2D eigenvalue weighted by atomic mass is 9.80. The zero-order valence-electron chi connectivity index (χ0n) is 11.5. The smallest absolute Gasteiger partial charge is 0.123 e. The molecule has 4 rings (SSSR count). The fourth-order valence-corrected chi connectivity index (χ4v) is 3.54. The predicted molar refractivity (Wildman–Crippen MR) is 79.2 cm³/mol. The summed E-state index contributed by atoms with van der Waals surface area (Å²) in [4.78, 5) is 4.36. The van der Waals surface area contributed by atoms with Crippen molar-refractivity contribution < 1.29 is 4.39 Å². The van der Waals surface area contributed by atoms with E-state index in [2.05, 4.69) is 11.1 Å². The summed E-state index contributed by atoms with van der Waals surface area (Å²) in [5.41, 5.74) is 5.63. The molecule has 2 aliphatic carbocycles. The highest BCUT2D eigenvalue weighted by molar-refractivity contribution is 5.82. The molecule has 2 saturated carbocycles. The summed E-state index contributed by atoms with van der Waals surface area (Å²) in [6, 6.07) is 7.01. The van der Waals surface area contributed by atoms with Crippen molar-refractivity contribution in [1.82, 2.24) is 4.98 Å². The summed E-state index contributed by atoms with van der Waals surface area (Å²) >= 11 is 0. The number of rotatable bonds is 1. The van der Waals surface area contributed by atoms with Gasteiger partial charge in [0.05, 0.1) is 5.52 Å². The van der Waals surface area contributed by atoms with E-state index in [9.17, 15) is 4.39 Å². The molecule has 0 radical (unpaired) electrons. The molecule has 0 N–H and O–H groups in total. The number of aromatic nitrogens is 1. The van der Waals surface area contributed by atoms with E-state index in [1.807, 2.05) is 6.20 Å². The van der Waals surface area contributed by atoms with Crippen molar-refractivity contribution in [1.29, 1.82) is 0 Å². The first kappa shape index (κ1) is 12.1. The van der Waals surface area contributed by atoms with Crippen molar-refractivity contribution in [3.63, 3.8) is 0 Å². The van der Waals surface area contributed by atoms with E-state index in [0.717, 1.165) is 10.9 Å². The van der Waals surface area contributed by atoms with E-state index in [1.165, 1.54) is 50.2 Å². The molecule has 20 heavy (non-hydrogen) atoms. The van der Waals surface area contributed by atoms with Crippen molar-refractivity contribution in [2.24, 2.45) is 0 Å². The molecule has 1 aromatic carbocycles. The van der Waals surface area contributed by atoms with Gasteiger partial charge < -0.3 is 0 Å². The lowest BCUT2D eigenvalue weighted by molar-refractivity contribution is 0.517. The van der Waals surface area contributed by atoms with Crippen LogP contribution in [-0.4, -0.2) is 4.98 Å². The highest BCUT2D eigenvalue weighted by Gasteiger charge is 2.25. The second kappa shape index (κ2) is 4.69. The molecule has 0 saturated heterocycles. The van der Waals surface area contributed by atoms with E-state index in [4.69, 9.17) is 0 Å². The maximum atomic E-state index is 13.5. The van der Waals surface area contributed by atoms with Crippen LogP contribution in [0.4, 0.5) is 4.39 Å². The van der Waals surface area contributed by atoms with E-state index in [-0.39, 0.29) is 5.82 Å². The van der Waals surface area contributed by atoms with Gasteiger partial charge in [0.15, 0.2) is 0 Å². The van der Waals surface area contributed by atoms with Gasteiger partial charge in [-0.15, -0.1) is 0 Å². The third-order valence-electron chi connectivity index (χ3n) is 4.77. The van der Waals surface area contributed by atoms with Crippen LogP contribution in [0.15, 0.2) is 41.6 Å². The Morgan fingerprint density at radius 1 is 0.950 bits per heavy atom. The summed E-state index contributed by atoms with van der Waals surface area (Å²) < 4.78 is 13.5. The van der Waals surface area contributed by atoms with Crippen LogP contribution in [-0.2, 0) is 0 Å². The summed E-state index contributed by atoms with van der Waals surface area (Å²) in [6.07, 6.45) is 9.42. The first-order chi connectivity index (χ1) is 9.81. The van der Waals surface area contributed by atoms with Crippen LogP contribution in [0.3, 0.4) is 0 Å². The van der Waals surface area contributed by atoms with E-state index in [0.29, 0.717) is 5.92 Å². The van der Waals surface area contributed by atoms with Crippen molar-refractivity contribution in [2.45, 2.75) is 44.4 Å². The Bertz CT molecular complexity index is 686. The molecule has 1 aromatic heterocycles. The predicted octanol–water partition coefficient (Wildman–Crippen LogP) is 5.12. The van der Waals surface area contributed by atoms with Gasteiger partial charge in [0.25, 0.3) is 0 Å². The highest BCUT2D eigenvalue weighted by atomic mass is 19.1. The van der Waals surface area contributed by atoms with Crippen LogP contribution in [0.2, 0.25) is 0 Å². The number of halogens is 1. The van der Waals surface area contributed by atoms with Gasteiger partial charge >= 0.3 is 0 Å². The van der Waals surface area contributed by atoms with Crippen molar-refractivity contribution in [2.75, 3.05) is 0 Å². The standard InChI is InChI=1S/C18H18FN/c19-15-7-8-18-17(11-15)16(9-10-20-18)14-5-3-13(4-6-14)12-1-2-12/h7-11,14H,1-6H2. The third kappa shape index (κ3) is 2.13. The quantitative estimate of drug-likeness (QED) is 0.653. The Balaban J connectivity index is 1.68. The van der Waals surface area contributed by atoms with Crippen LogP contribution < -0.4 is 0 Å². The Labute approximate surface area is 118 Å². The molecule has 102 valence electrons. The number of allylic oxidation sites excluding steroid dienone is 2. The minimum absolute atomic E-state index is 0.164. The number of fused-ring (bicyclic) bond motifs is 1. The zero-order valence-corrected chi connectivity index (χ0v) is 11.5. The maximum Gasteiger partial charge on any atom is 0.123 e. The van der Waals surface area contributed by atoms with Gasteiger partial charge in [-0.3, -0.25) is 4.98 Å². The van der Waals surface area contributed by atoms with Gasteiger partial charge in [-0.2, -0.15) is 0 Å². The summed E-state index contributed by atoms with van der Waals surface area (Å²) in [6.45, 7) is 0. The molecule has 0 amide bonds. The molecular weight excluding hydrogens is 249 g/mol. The van der Waals surface area contributed by atoms with Gasteiger partial charge in [-0.1, -0.05) is 11.1 Å². The molecule has 2 aliphatic rings. The molecule has 2 fully saturated rings. The topological polar surface area (TPSA) is 12.9 Å². The van der Waals surface area contributed by atoms with Crippen LogP contribution in [0.25, 0.3) is 10.9 Å². The van der Waals surface area contributed by atoms with Crippen LogP contribution in [0.1, 0.15) is 50.0 Å². The fourth-order valence-electron chi connectivity index (χ4n) is 3.54. The summed E-state index contributed by atoms with van der Waals surface area (Å²) in [5.74, 6) is 0.397. The first-order valence-electron chi connectivity index (χ1n) is 7.55. The minimum atomic E-state index is -0.164. The van der Waals surface area contributed by atoms with E-state index < -0.39 is 0 Å². The molecule has 0 unspecified atom stereocenters. The largest absolute Gasteiger partial charge is 0.256 e. The number of benzene rings is 1. The zero-order chi connectivity index (χ0) is 13.5. The molecule has 0 bridgehead atoms. The Kier molecular flexibility index (Phi) is 2.83. The Hall–Kier alpha value is -1.70. The number of hydrogen-bond acceptors (Lipinski definition) is 1. The number of pyridine rings is 1. The Morgan fingerprint density at radius 2 is 1.70 bits per heavy atom. The van der Waals surface area contributed by atoms with Crippen molar-refractivity contribution >= 4 is 10.9 Å². The van der Waals surface area contributed by atoms with Gasteiger partial charge in [-0.25, -0.2) is 4.39 Å². The van der Waals surface area contributed by atoms with Gasteiger partial charge in [0, 0.05) is 11.6 Å². The van der Waals surface area contributed by atoms with Crippen LogP contribution >= 0.6 is 0 Å². The molecule has 1 heterocycles. The average Bonchev–Trinajstić information content (AvgIpc) is 3.31. The molecule has 0 atom stereocenters. The summed E-state index contributed by atoms with van der Waals surface area (Å²) in [5, 5.41) is 1.00. The maximum absolute atomic E-state index is 13.5. The summed E-state index contributed by atoms with van der Waals surface area (Å²) in [7, 11) is 0. The molecular formula is C18H18FN. The first-order valence-corrected chi connectivity index (χ1v) is 7.55. The SMILES string of the molecule is Fc1ccc2nccc(C3CCC(=C4CC4)CC3)c2c1. The minimum Gasteiger partial charge on any atom is -0.256 e. The van der Waals surface area contributed by atoms with E-state index >= 15 is 0 Å². The van der Waals surface area contributed by atoms with Crippen LogP contribution in [0.5, 0.6) is 0 Å². The molecule has 0 aliphatic heterocycles. The highest BCUT2D eigenvalue weighted by Crippen LogP contribution is 2.43. The second-order valence-electron chi connectivity index (χ2n) is 6.04. The lowest BCUT2D eigenvalue weighted by Crippen LogP contribution is -2.07. The third-order valence-corrected chi connectivity index (χ3v) is 4.77. The monoisotopic (exact) mass is 267 g/mol. The number of nitrogens with zero attached hydrogens (tertiary/aromatic N) is 1. The van der Waals surface area contributed by atoms with Gasteiger partial charge in [0.1, 0.15) is 5.82 Å². The van der Waals surface area contributed by atoms with Crippen molar-refractivity contribution in [3.8, 4) is 0 Å². The normalized spacial score (nSPS) is 22.4. The molecule has 2 heteroatoms. The van der Waals surface area contributed by atoms with E-state index in [1.54, 1.807) is 23.3 Å². The Morgan fingerprint density at radius 3 is 2.45 bits per heavy atom. The lowest BCUT2D eigenvalue weighted by Gasteiger charge is -2.25. The number of hydrogen-bond donors (Lipinski definition) is 0. The van der Waals surface area contributed by atoms with Crippen molar-refractivity contribution in [3.05, 3.63) is 53.0 Å². The van der Waals surface area contributed by atoms with Gasteiger partial charge in [-0.05, 0) is 74.3 Å². The van der Waals surface area contributed by atoms with Gasteiger partial charge in [0.2, 0.25) is 0 Å². The van der Waals surface area contributed by atoms with Crippen LogP contribution in [0, 0.1) is 5.82 Å². The molecule has 2 aromatic rings. The fraction of sp³-hybridized carbons (Fsp3) is 0.389. The molecule has 1 nitrogen and oxygen atoms in total. The second-order valence-corrected chi connectivity index (χ2v) is 6.04. The molecule has 0 spiro atoms.